The van der Waals surface area contributed by atoms with Crippen LogP contribution >= 0.6 is 12.6 Å². The summed E-state index contributed by atoms with van der Waals surface area (Å²) in [5.41, 5.74) is 5.04. The minimum absolute atomic E-state index is 0.474. The second-order valence-corrected chi connectivity index (χ2v) is 6.89. The maximum absolute atomic E-state index is 4.31. The molecule has 0 radical (unpaired) electrons. The lowest BCUT2D eigenvalue weighted by atomic mass is 9.81. The van der Waals surface area contributed by atoms with E-state index in [1.807, 2.05) is 0 Å². The Morgan fingerprint density at radius 1 is 1.05 bits per heavy atom. The van der Waals surface area contributed by atoms with Gasteiger partial charge in [-0.25, -0.2) is 0 Å². The molecule has 1 heteroatoms. The first kappa shape index (κ1) is 16.6. The van der Waals surface area contributed by atoms with Gasteiger partial charge in [-0.15, -0.1) is 0 Å². The molecule has 0 aliphatic carbocycles. The van der Waals surface area contributed by atoms with Crippen LogP contribution in [0.1, 0.15) is 63.1 Å². The van der Waals surface area contributed by atoms with Gasteiger partial charge in [0.25, 0.3) is 0 Å². The molecule has 0 bridgehead atoms. The van der Waals surface area contributed by atoms with Gasteiger partial charge < -0.3 is 0 Å². The van der Waals surface area contributed by atoms with Gasteiger partial charge in [0.15, 0.2) is 0 Å². The van der Waals surface area contributed by atoms with E-state index >= 15 is 0 Å². The zero-order valence-electron chi connectivity index (χ0n) is 13.1. The third kappa shape index (κ3) is 5.60. The van der Waals surface area contributed by atoms with Gasteiger partial charge in [-0.1, -0.05) is 45.4 Å². The molecule has 0 amide bonds. The van der Waals surface area contributed by atoms with Crippen LogP contribution in [0.2, 0.25) is 0 Å². The van der Waals surface area contributed by atoms with Crippen LogP contribution < -0.4 is 0 Å². The van der Waals surface area contributed by atoms with Crippen LogP contribution in [0.15, 0.2) is 18.2 Å². The van der Waals surface area contributed by atoms with E-state index in [-0.39, 0.29) is 0 Å². The molecule has 1 aromatic rings. The van der Waals surface area contributed by atoms with Crippen molar-refractivity contribution in [3.63, 3.8) is 0 Å². The third-order valence-electron chi connectivity index (χ3n) is 4.16. The van der Waals surface area contributed by atoms with Gasteiger partial charge in [0, 0.05) is 0 Å². The van der Waals surface area contributed by atoms with E-state index in [0.29, 0.717) is 5.41 Å². The summed E-state index contributed by atoms with van der Waals surface area (Å²) in [6.07, 6.45) is 7.46. The molecular weight excluding hydrogens is 248 g/mol. The second kappa shape index (κ2) is 7.99. The lowest BCUT2D eigenvalue weighted by molar-refractivity contribution is 0.304. The number of thiol groups is 1. The Balaban J connectivity index is 2.68. The lowest BCUT2D eigenvalue weighted by Gasteiger charge is -2.24. The fraction of sp³-hybridized carbons (Fsp3) is 0.667. The van der Waals surface area contributed by atoms with Crippen molar-refractivity contribution in [1.82, 2.24) is 0 Å². The Morgan fingerprint density at radius 2 is 1.68 bits per heavy atom. The molecule has 0 saturated heterocycles. The Kier molecular flexibility index (Phi) is 6.99. The summed E-state index contributed by atoms with van der Waals surface area (Å²) in [7, 11) is 0. The Hall–Kier alpha value is -0.430. The summed E-state index contributed by atoms with van der Waals surface area (Å²) in [4.78, 5) is 0. The predicted molar refractivity (Wildman–Crippen MR) is 90.4 cm³/mol. The average Bonchev–Trinajstić information content (AvgIpc) is 2.36. The second-order valence-electron chi connectivity index (χ2n) is 6.44. The number of aryl methyl sites for hydroxylation is 2. The van der Waals surface area contributed by atoms with E-state index in [2.05, 4.69) is 58.5 Å². The fourth-order valence-corrected chi connectivity index (χ4v) is 2.98. The van der Waals surface area contributed by atoms with Crippen molar-refractivity contribution < 1.29 is 0 Å². The molecule has 0 heterocycles. The number of hydrogen-bond acceptors (Lipinski definition) is 1. The maximum atomic E-state index is 4.31. The summed E-state index contributed by atoms with van der Waals surface area (Å²) in [6, 6.07) is 6.81. The van der Waals surface area contributed by atoms with Gasteiger partial charge in [0.1, 0.15) is 0 Å². The van der Waals surface area contributed by atoms with E-state index in [1.54, 1.807) is 5.56 Å². The molecule has 0 atom stereocenters. The van der Waals surface area contributed by atoms with Crippen LogP contribution in [0.5, 0.6) is 0 Å². The summed E-state index contributed by atoms with van der Waals surface area (Å²) < 4.78 is 0. The summed E-state index contributed by atoms with van der Waals surface area (Å²) in [6.45, 7) is 9.37. The largest absolute Gasteiger partial charge is 0.179 e. The van der Waals surface area contributed by atoms with Crippen molar-refractivity contribution in [2.75, 3.05) is 5.75 Å². The molecule has 0 nitrogen and oxygen atoms in total. The lowest BCUT2D eigenvalue weighted by Crippen LogP contribution is -2.12. The van der Waals surface area contributed by atoms with Crippen molar-refractivity contribution >= 4 is 12.6 Å². The topological polar surface area (TPSA) is 0 Å². The molecule has 0 aromatic heterocycles. The van der Waals surface area contributed by atoms with Gasteiger partial charge in [-0.2, -0.15) is 12.6 Å². The first-order valence-corrected chi connectivity index (χ1v) is 8.31. The average molecular weight is 279 g/mol. The molecule has 0 fully saturated rings. The molecular formula is C18H30S. The van der Waals surface area contributed by atoms with Gasteiger partial charge in [-0.05, 0) is 66.9 Å². The predicted octanol–water partition coefficient (Wildman–Crippen LogP) is 5.62. The molecule has 108 valence electrons. The standard InChI is InChI=1S/C18H30S/c1-5-12-18(3,4)13-11-17-9-6-8-16(15(17)2)10-7-14-19/h6,8-9,19H,5,7,10-14H2,1-4H3. The van der Waals surface area contributed by atoms with Crippen LogP contribution in [-0.4, -0.2) is 5.75 Å². The van der Waals surface area contributed by atoms with Crippen molar-refractivity contribution in [1.29, 1.82) is 0 Å². The first-order chi connectivity index (χ1) is 9.00. The number of benzene rings is 1. The molecule has 0 aliphatic heterocycles. The minimum atomic E-state index is 0.474. The van der Waals surface area contributed by atoms with Crippen LogP contribution in [0.25, 0.3) is 0 Å². The SMILES string of the molecule is CCCC(C)(C)CCc1cccc(CCCS)c1C. The molecule has 1 rings (SSSR count). The highest BCUT2D eigenvalue weighted by Crippen LogP contribution is 2.29. The zero-order valence-corrected chi connectivity index (χ0v) is 14.0. The Bertz CT molecular complexity index is 379. The van der Waals surface area contributed by atoms with E-state index in [1.165, 1.54) is 49.7 Å². The smallest absolute Gasteiger partial charge is 0.00947 e. The van der Waals surface area contributed by atoms with Crippen molar-refractivity contribution in [3.8, 4) is 0 Å². The minimum Gasteiger partial charge on any atom is -0.179 e. The number of rotatable bonds is 8. The van der Waals surface area contributed by atoms with Crippen LogP contribution in [-0.2, 0) is 12.8 Å². The van der Waals surface area contributed by atoms with E-state index in [0.717, 1.165) is 5.75 Å². The van der Waals surface area contributed by atoms with Crippen LogP contribution in [0.4, 0.5) is 0 Å². The molecule has 0 saturated carbocycles. The summed E-state index contributed by atoms with van der Waals surface area (Å²) in [5.74, 6) is 0.979. The normalized spacial score (nSPS) is 11.8. The number of hydrogen-bond donors (Lipinski definition) is 1. The highest BCUT2D eigenvalue weighted by molar-refractivity contribution is 7.80. The molecule has 0 unspecified atom stereocenters. The van der Waals surface area contributed by atoms with Gasteiger partial charge in [0.2, 0.25) is 0 Å². The van der Waals surface area contributed by atoms with Gasteiger partial charge in [-0.3, -0.25) is 0 Å². The Labute approximate surface area is 125 Å². The highest BCUT2D eigenvalue weighted by Gasteiger charge is 2.17. The third-order valence-corrected chi connectivity index (χ3v) is 4.48. The van der Waals surface area contributed by atoms with Crippen molar-refractivity contribution in [2.45, 2.75) is 66.2 Å². The molecule has 0 spiro atoms. The molecule has 0 N–H and O–H groups in total. The van der Waals surface area contributed by atoms with Gasteiger partial charge >= 0.3 is 0 Å². The van der Waals surface area contributed by atoms with E-state index in [4.69, 9.17) is 0 Å². The Morgan fingerprint density at radius 3 is 2.26 bits per heavy atom. The maximum Gasteiger partial charge on any atom is -0.00947 e. The van der Waals surface area contributed by atoms with Crippen molar-refractivity contribution in [2.24, 2.45) is 5.41 Å². The fourth-order valence-electron chi connectivity index (χ4n) is 2.82. The monoisotopic (exact) mass is 278 g/mol. The molecule has 1 aromatic carbocycles. The summed E-state index contributed by atoms with van der Waals surface area (Å²) >= 11 is 4.31. The molecule has 0 aliphatic rings. The van der Waals surface area contributed by atoms with E-state index in [9.17, 15) is 0 Å². The zero-order chi connectivity index (χ0) is 14.3. The van der Waals surface area contributed by atoms with Crippen LogP contribution in [0.3, 0.4) is 0 Å². The van der Waals surface area contributed by atoms with Crippen LogP contribution in [0, 0.1) is 12.3 Å². The van der Waals surface area contributed by atoms with Gasteiger partial charge in [0.05, 0.1) is 0 Å². The molecule has 19 heavy (non-hydrogen) atoms. The summed E-state index contributed by atoms with van der Waals surface area (Å²) in [5, 5.41) is 0. The first-order valence-electron chi connectivity index (χ1n) is 7.68. The van der Waals surface area contributed by atoms with E-state index < -0.39 is 0 Å². The highest BCUT2D eigenvalue weighted by atomic mass is 32.1. The van der Waals surface area contributed by atoms with Crippen molar-refractivity contribution in [3.05, 3.63) is 34.9 Å². The quantitative estimate of drug-likeness (QED) is 0.586.